The topological polar surface area (TPSA) is 6.48 Å². The van der Waals surface area contributed by atoms with Gasteiger partial charge in [0.05, 0.1) is 0 Å². The molecule has 0 saturated carbocycles. The summed E-state index contributed by atoms with van der Waals surface area (Å²) < 4.78 is 0. The summed E-state index contributed by atoms with van der Waals surface area (Å²) in [7, 11) is 0. The lowest BCUT2D eigenvalue weighted by atomic mass is 9.86. The minimum Gasteiger partial charge on any atom is -0.304 e. The molecule has 2 heterocycles. The van der Waals surface area contributed by atoms with E-state index >= 15 is 0 Å². The molecular weight excluding hydrogens is 196 g/mol. The standard InChI is InChI=1S/C14H28N2/c1-4-15-7-5-13(6-8-15)9-16-10-14(11-16)12(2)3/h12-14H,4-11H2,1-3H3. The molecule has 0 aliphatic carbocycles. The number of nitrogens with zero attached hydrogens (tertiary/aromatic N) is 2. The summed E-state index contributed by atoms with van der Waals surface area (Å²) in [5.41, 5.74) is 0. The van der Waals surface area contributed by atoms with Crippen LogP contribution in [0.3, 0.4) is 0 Å². The van der Waals surface area contributed by atoms with Crippen molar-refractivity contribution in [2.75, 3.05) is 39.3 Å². The van der Waals surface area contributed by atoms with Gasteiger partial charge in [-0.2, -0.15) is 0 Å². The molecule has 0 aromatic rings. The Bertz CT molecular complexity index is 201. The predicted octanol–water partition coefficient (Wildman–Crippen LogP) is 2.31. The van der Waals surface area contributed by atoms with Gasteiger partial charge in [0.2, 0.25) is 0 Å². The van der Waals surface area contributed by atoms with Crippen molar-refractivity contribution in [2.24, 2.45) is 17.8 Å². The Kier molecular flexibility index (Phi) is 4.26. The molecule has 0 N–H and O–H groups in total. The molecule has 0 spiro atoms. The molecule has 0 atom stereocenters. The summed E-state index contributed by atoms with van der Waals surface area (Å²) in [6.45, 7) is 15.0. The highest BCUT2D eigenvalue weighted by Crippen LogP contribution is 2.26. The van der Waals surface area contributed by atoms with Crippen LogP contribution >= 0.6 is 0 Å². The van der Waals surface area contributed by atoms with E-state index in [0.717, 1.165) is 17.8 Å². The van der Waals surface area contributed by atoms with Crippen molar-refractivity contribution in [3.8, 4) is 0 Å². The fourth-order valence-corrected chi connectivity index (χ4v) is 3.03. The van der Waals surface area contributed by atoms with E-state index in [2.05, 4.69) is 30.6 Å². The highest BCUT2D eigenvalue weighted by Gasteiger charge is 2.31. The van der Waals surface area contributed by atoms with E-state index in [1.807, 2.05) is 0 Å². The summed E-state index contributed by atoms with van der Waals surface area (Å²) >= 11 is 0. The lowest BCUT2D eigenvalue weighted by Gasteiger charge is -2.44. The normalized spacial score (nSPS) is 26.2. The van der Waals surface area contributed by atoms with Gasteiger partial charge in [-0.05, 0) is 50.2 Å². The number of likely N-dealkylation sites (tertiary alicyclic amines) is 2. The molecule has 0 amide bonds. The van der Waals surface area contributed by atoms with Crippen LogP contribution in [-0.2, 0) is 0 Å². The molecule has 2 nitrogen and oxygen atoms in total. The smallest absolute Gasteiger partial charge is 0.00246 e. The highest BCUT2D eigenvalue weighted by atomic mass is 15.2. The quantitative estimate of drug-likeness (QED) is 0.723. The monoisotopic (exact) mass is 224 g/mol. The van der Waals surface area contributed by atoms with Crippen LogP contribution in [-0.4, -0.2) is 49.1 Å². The second kappa shape index (κ2) is 5.50. The predicted molar refractivity (Wildman–Crippen MR) is 69.6 cm³/mol. The first-order valence-electron chi connectivity index (χ1n) is 7.13. The average Bonchev–Trinajstić information content (AvgIpc) is 2.23. The maximum absolute atomic E-state index is 2.68. The van der Waals surface area contributed by atoms with Crippen molar-refractivity contribution < 1.29 is 0 Å². The first-order valence-corrected chi connectivity index (χ1v) is 7.13. The van der Waals surface area contributed by atoms with Crippen molar-refractivity contribution in [2.45, 2.75) is 33.6 Å². The number of hydrogen-bond acceptors (Lipinski definition) is 2. The van der Waals surface area contributed by atoms with Crippen LogP contribution in [0.1, 0.15) is 33.6 Å². The van der Waals surface area contributed by atoms with Crippen molar-refractivity contribution >= 4 is 0 Å². The molecule has 2 aliphatic rings. The third kappa shape index (κ3) is 2.98. The Morgan fingerprint density at radius 2 is 1.69 bits per heavy atom. The molecular formula is C14H28N2. The average molecular weight is 224 g/mol. The van der Waals surface area contributed by atoms with Gasteiger partial charge >= 0.3 is 0 Å². The number of hydrogen-bond donors (Lipinski definition) is 0. The molecule has 2 fully saturated rings. The highest BCUT2D eigenvalue weighted by molar-refractivity contribution is 4.84. The van der Waals surface area contributed by atoms with Gasteiger partial charge in [-0.3, -0.25) is 0 Å². The zero-order chi connectivity index (χ0) is 11.5. The van der Waals surface area contributed by atoms with E-state index in [1.54, 1.807) is 0 Å². The lowest BCUT2D eigenvalue weighted by molar-refractivity contribution is 0.0403. The largest absolute Gasteiger partial charge is 0.304 e. The van der Waals surface area contributed by atoms with E-state index < -0.39 is 0 Å². The van der Waals surface area contributed by atoms with Crippen molar-refractivity contribution in [3.05, 3.63) is 0 Å². The van der Waals surface area contributed by atoms with Gasteiger partial charge in [-0.15, -0.1) is 0 Å². The molecule has 0 bridgehead atoms. The third-order valence-corrected chi connectivity index (χ3v) is 4.60. The second-order valence-electron chi connectivity index (χ2n) is 6.10. The Morgan fingerprint density at radius 1 is 1.06 bits per heavy atom. The molecule has 2 rings (SSSR count). The van der Waals surface area contributed by atoms with Crippen molar-refractivity contribution in [1.29, 1.82) is 0 Å². The van der Waals surface area contributed by atoms with E-state index in [-0.39, 0.29) is 0 Å². The summed E-state index contributed by atoms with van der Waals surface area (Å²) in [4.78, 5) is 5.26. The summed E-state index contributed by atoms with van der Waals surface area (Å²) in [5, 5.41) is 0. The van der Waals surface area contributed by atoms with Crippen molar-refractivity contribution in [1.82, 2.24) is 9.80 Å². The maximum Gasteiger partial charge on any atom is 0.00246 e. The molecule has 0 unspecified atom stereocenters. The van der Waals surface area contributed by atoms with Crippen LogP contribution in [0.15, 0.2) is 0 Å². The molecule has 0 aromatic carbocycles. The molecule has 2 saturated heterocycles. The fourth-order valence-electron chi connectivity index (χ4n) is 3.03. The minimum absolute atomic E-state index is 0.887. The molecule has 94 valence electrons. The molecule has 2 heteroatoms. The molecule has 0 aromatic heterocycles. The minimum atomic E-state index is 0.887. The summed E-state index contributed by atoms with van der Waals surface area (Å²) in [6.07, 6.45) is 2.85. The molecule has 16 heavy (non-hydrogen) atoms. The van der Waals surface area contributed by atoms with Crippen LogP contribution in [0.5, 0.6) is 0 Å². The second-order valence-corrected chi connectivity index (χ2v) is 6.10. The Labute approximate surface area is 101 Å². The van der Waals surface area contributed by atoms with E-state index in [0.29, 0.717) is 0 Å². The van der Waals surface area contributed by atoms with Gasteiger partial charge in [0, 0.05) is 19.6 Å². The maximum atomic E-state index is 2.68. The summed E-state index contributed by atoms with van der Waals surface area (Å²) in [5.74, 6) is 2.85. The van der Waals surface area contributed by atoms with Crippen LogP contribution in [0, 0.1) is 17.8 Å². The molecule has 0 radical (unpaired) electrons. The van der Waals surface area contributed by atoms with Gasteiger partial charge in [-0.1, -0.05) is 20.8 Å². The van der Waals surface area contributed by atoms with E-state index in [9.17, 15) is 0 Å². The van der Waals surface area contributed by atoms with Gasteiger partial charge in [0.15, 0.2) is 0 Å². The van der Waals surface area contributed by atoms with E-state index in [4.69, 9.17) is 0 Å². The van der Waals surface area contributed by atoms with Crippen LogP contribution in [0.25, 0.3) is 0 Å². The van der Waals surface area contributed by atoms with E-state index in [1.165, 1.54) is 52.1 Å². The zero-order valence-electron chi connectivity index (χ0n) is 11.3. The zero-order valence-corrected chi connectivity index (χ0v) is 11.3. The summed E-state index contributed by atoms with van der Waals surface area (Å²) in [6, 6.07) is 0. The Balaban J connectivity index is 1.62. The van der Waals surface area contributed by atoms with Gasteiger partial charge < -0.3 is 9.80 Å². The Hall–Kier alpha value is -0.0800. The lowest BCUT2D eigenvalue weighted by Crippen LogP contribution is -2.51. The van der Waals surface area contributed by atoms with Crippen LogP contribution in [0.4, 0.5) is 0 Å². The van der Waals surface area contributed by atoms with Gasteiger partial charge in [-0.25, -0.2) is 0 Å². The number of piperidine rings is 1. The first kappa shape index (κ1) is 12.4. The Morgan fingerprint density at radius 3 is 2.19 bits per heavy atom. The SMILES string of the molecule is CCN1CCC(CN2CC(C(C)C)C2)CC1. The third-order valence-electron chi connectivity index (χ3n) is 4.60. The van der Waals surface area contributed by atoms with Crippen molar-refractivity contribution in [3.63, 3.8) is 0 Å². The van der Waals surface area contributed by atoms with Crippen LogP contribution in [0.2, 0.25) is 0 Å². The van der Waals surface area contributed by atoms with Crippen LogP contribution < -0.4 is 0 Å². The first-order chi connectivity index (χ1) is 7.69. The fraction of sp³-hybridized carbons (Fsp3) is 1.00. The van der Waals surface area contributed by atoms with Gasteiger partial charge in [0.1, 0.15) is 0 Å². The van der Waals surface area contributed by atoms with Gasteiger partial charge in [0.25, 0.3) is 0 Å². The number of rotatable bonds is 4. The molecule has 2 aliphatic heterocycles.